The van der Waals surface area contributed by atoms with E-state index < -0.39 is 5.76 Å². The van der Waals surface area contributed by atoms with Crippen molar-refractivity contribution in [2.24, 2.45) is 0 Å². The van der Waals surface area contributed by atoms with Crippen LogP contribution in [0.15, 0.2) is 63.9 Å². The first-order valence-electron chi connectivity index (χ1n) is 9.37. The minimum atomic E-state index is -0.545. The molecule has 4 aromatic rings. The van der Waals surface area contributed by atoms with Gasteiger partial charge >= 0.3 is 5.76 Å². The van der Waals surface area contributed by atoms with Gasteiger partial charge < -0.3 is 4.42 Å². The van der Waals surface area contributed by atoms with Crippen molar-refractivity contribution in [1.29, 1.82) is 0 Å². The minimum Gasteiger partial charge on any atom is -0.388 e. The molecule has 1 atom stereocenters. The fourth-order valence-corrected chi connectivity index (χ4v) is 3.84. The molecule has 28 heavy (non-hydrogen) atoms. The maximum atomic E-state index is 11.1. The largest absolute Gasteiger partial charge is 0.434 e. The van der Waals surface area contributed by atoms with E-state index in [0.29, 0.717) is 11.9 Å². The average Bonchev–Trinajstić information content (AvgIpc) is 3.37. The number of aromatic amines is 1. The topological polar surface area (TPSA) is 87.9 Å². The van der Waals surface area contributed by atoms with Crippen LogP contribution in [-0.2, 0) is 6.54 Å². The van der Waals surface area contributed by atoms with Crippen LogP contribution < -0.4 is 5.76 Å². The van der Waals surface area contributed by atoms with Gasteiger partial charge in [0.2, 0.25) is 5.89 Å². The minimum absolute atomic E-state index is 0.301. The van der Waals surface area contributed by atoms with E-state index in [1.807, 2.05) is 24.3 Å². The number of benzene rings is 1. The maximum absolute atomic E-state index is 11.1. The molecule has 1 aliphatic rings. The van der Waals surface area contributed by atoms with Crippen LogP contribution >= 0.6 is 0 Å². The standard InChI is InChI=1S/C21H19N5O2/c27-21-25-24-20(28-21)16-7-5-14(6-8-16)13-26-12-2-4-18(26)17-10-9-15-3-1-11-22-19(15)23-17/h1,3,5-11,18H,2,4,12-13H2,(H,25,27). The number of fused-ring (bicyclic) bond motifs is 1. The molecule has 0 amide bonds. The normalized spacial score (nSPS) is 17.4. The van der Waals surface area contributed by atoms with E-state index in [2.05, 4.69) is 44.3 Å². The van der Waals surface area contributed by atoms with E-state index in [1.165, 1.54) is 5.56 Å². The fraction of sp³-hybridized carbons (Fsp3) is 0.238. The third kappa shape index (κ3) is 3.20. The number of pyridine rings is 2. The molecule has 0 spiro atoms. The lowest BCUT2D eigenvalue weighted by atomic mass is 10.1. The van der Waals surface area contributed by atoms with Gasteiger partial charge in [0.25, 0.3) is 0 Å². The lowest BCUT2D eigenvalue weighted by molar-refractivity contribution is 0.245. The monoisotopic (exact) mass is 373 g/mol. The summed E-state index contributed by atoms with van der Waals surface area (Å²) in [7, 11) is 0. The Morgan fingerprint density at radius 1 is 1.14 bits per heavy atom. The Morgan fingerprint density at radius 2 is 2.04 bits per heavy atom. The molecular weight excluding hydrogens is 354 g/mol. The van der Waals surface area contributed by atoms with Gasteiger partial charge in [-0.05, 0) is 61.3 Å². The molecular formula is C21H19N5O2. The van der Waals surface area contributed by atoms with Crippen molar-refractivity contribution in [2.45, 2.75) is 25.4 Å². The predicted molar refractivity (Wildman–Crippen MR) is 104 cm³/mol. The highest BCUT2D eigenvalue weighted by atomic mass is 16.4. The zero-order valence-corrected chi connectivity index (χ0v) is 15.2. The number of nitrogens with one attached hydrogen (secondary N) is 1. The summed E-state index contributed by atoms with van der Waals surface area (Å²) in [5.41, 5.74) is 3.87. The number of hydrogen-bond acceptors (Lipinski definition) is 6. The van der Waals surface area contributed by atoms with Gasteiger partial charge in [0, 0.05) is 23.7 Å². The van der Waals surface area contributed by atoms with Crippen molar-refractivity contribution in [3.05, 3.63) is 76.5 Å². The van der Waals surface area contributed by atoms with E-state index in [1.54, 1.807) is 6.20 Å². The quantitative estimate of drug-likeness (QED) is 0.590. The number of aromatic nitrogens is 4. The summed E-state index contributed by atoms with van der Waals surface area (Å²) < 4.78 is 5.01. The molecule has 7 nitrogen and oxygen atoms in total. The molecule has 0 radical (unpaired) electrons. The van der Waals surface area contributed by atoms with Crippen molar-refractivity contribution < 1.29 is 4.42 Å². The zero-order valence-electron chi connectivity index (χ0n) is 15.2. The number of nitrogens with zero attached hydrogens (tertiary/aromatic N) is 4. The second-order valence-corrected chi connectivity index (χ2v) is 7.03. The van der Waals surface area contributed by atoms with E-state index in [4.69, 9.17) is 9.40 Å². The number of likely N-dealkylation sites (tertiary alicyclic amines) is 1. The predicted octanol–water partition coefficient (Wildman–Crippen LogP) is 3.31. The summed E-state index contributed by atoms with van der Waals surface area (Å²) in [6, 6.07) is 16.5. The fourth-order valence-electron chi connectivity index (χ4n) is 3.84. The SMILES string of the molecule is O=c1[nH]nc(-c2ccc(CN3CCCC3c3ccc4cccnc4n3)cc2)o1. The van der Waals surface area contributed by atoms with Gasteiger partial charge in [-0.1, -0.05) is 12.1 Å². The Bertz CT molecular complexity index is 1170. The molecule has 0 bridgehead atoms. The second kappa shape index (κ2) is 7.01. The lowest BCUT2D eigenvalue weighted by Gasteiger charge is -2.24. The molecule has 5 rings (SSSR count). The first-order valence-corrected chi connectivity index (χ1v) is 9.37. The highest BCUT2D eigenvalue weighted by Gasteiger charge is 2.27. The molecule has 0 saturated carbocycles. The first-order chi connectivity index (χ1) is 13.8. The van der Waals surface area contributed by atoms with Crippen molar-refractivity contribution in [3.8, 4) is 11.5 Å². The Balaban J connectivity index is 1.36. The van der Waals surface area contributed by atoms with E-state index in [-0.39, 0.29) is 0 Å². The van der Waals surface area contributed by atoms with Gasteiger partial charge in [0.05, 0.1) is 11.7 Å². The van der Waals surface area contributed by atoms with E-state index >= 15 is 0 Å². The highest BCUT2D eigenvalue weighted by Crippen LogP contribution is 2.33. The van der Waals surface area contributed by atoms with Crippen LogP contribution in [0.4, 0.5) is 0 Å². The van der Waals surface area contributed by atoms with Gasteiger partial charge in [0.1, 0.15) is 0 Å². The highest BCUT2D eigenvalue weighted by molar-refractivity contribution is 5.74. The van der Waals surface area contributed by atoms with E-state index in [9.17, 15) is 4.79 Å². The van der Waals surface area contributed by atoms with Crippen LogP contribution in [0.5, 0.6) is 0 Å². The third-order valence-corrected chi connectivity index (χ3v) is 5.22. The molecule has 1 unspecified atom stereocenters. The maximum Gasteiger partial charge on any atom is 0.434 e. The first kappa shape index (κ1) is 16.8. The Kier molecular flexibility index (Phi) is 4.21. The van der Waals surface area contributed by atoms with Gasteiger partial charge in [-0.25, -0.2) is 19.9 Å². The summed E-state index contributed by atoms with van der Waals surface area (Å²) >= 11 is 0. The number of H-pyrrole nitrogens is 1. The molecule has 1 aliphatic heterocycles. The van der Waals surface area contributed by atoms with Gasteiger partial charge in [-0.2, -0.15) is 0 Å². The smallest absolute Gasteiger partial charge is 0.388 e. The Labute approximate surface area is 161 Å². The van der Waals surface area contributed by atoms with Crippen molar-refractivity contribution in [2.75, 3.05) is 6.54 Å². The Morgan fingerprint density at radius 3 is 2.86 bits per heavy atom. The number of rotatable bonds is 4. The molecule has 140 valence electrons. The van der Waals surface area contributed by atoms with Gasteiger partial charge in [-0.3, -0.25) is 4.90 Å². The van der Waals surface area contributed by atoms with Crippen LogP contribution in [0, 0.1) is 0 Å². The molecule has 4 heterocycles. The van der Waals surface area contributed by atoms with Gasteiger partial charge in [0.15, 0.2) is 5.65 Å². The molecule has 1 N–H and O–H groups in total. The molecule has 3 aromatic heterocycles. The molecule has 1 saturated heterocycles. The Hall–Kier alpha value is -3.32. The van der Waals surface area contributed by atoms with Crippen LogP contribution in [0.25, 0.3) is 22.5 Å². The molecule has 7 heteroatoms. The summed E-state index contributed by atoms with van der Waals surface area (Å²) in [4.78, 5) is 22.8. The molecule has 1 fully saturated rings. The third-order valence-electron chi connectivity index (χ3n) is 5.22. The van der Waals surface area contributed by atoms with Crippen LogP contribution in [0.2, 0.25) is 0 Å². The average molecular weight is 373 g/mol. The van der Waals surface area contributed by atoms with Crippen LogP contribution in [0.3, 0.4) is 0 Å². The van der Waals surface area contributed by atoms with E-state index in [0.717, 1.165) is 48.2 Å². The van der Waals surface area contributed by atoms with Crippen molar-refractivity contribution in [1.82, 2.24) is 25.1 Å². The van der Waals surface area contributed by atoms with Crippen molar-refractivity contribution in [3.63, 3.8) is 0 Å². The van der Waals surface area contributed by atoms with Gasteiger partial charge in [-0.15, -0.1) is 5.10 Å². The second-order valence-electron chi connectivity index (χ2n) is 7.03. The summed E-state index contributed by atoms with van der Waals surface area (Å²) in [5, 5.41) is 7.22. The number of hydrogen-bond donors (Lipinski definition) is 1. The summed E-state index contributed by atoms with van der Waals surface area (Å²) in [5.74, 6) is -0.236. The summed E-state index contributed by atoms with van der Waals surface area (Å²) in [6.07, 6.45) is 4.04. The zero-order chi connectivity index (χ0) is 18.9. The summed E-state index contributed by atoms with van der Waals surface area (Å²) in [6.45, 7) is 1.89. The molecule has 1 aromatic carbocycles. The van der Waals surface area contributed by atoms with Crippen LogP contribution in [-0.4, -0.2) is 31.6 Å². The van der Waals surface area contributed by atoms with Crippen molar-refractivity contribution >= 4 is 11.0 Å². The lowest BCUT2D eigenvalue weighted by Crippen LogP contribution is -2.23. The molecule has 0 aliphatic carbocycles. The van der Waals surface area contributed by atoms with Crippen LogP contribution in [0.1, 0.15) is 30.1 Å².